The summed E-state index contributed by atoms with van der Waals surface area (Å²) in [7, 11) is 2.04. The second-order valence-corrected chi connectivity index (χ2v) is 8.20. The second kappa shape index (κ2) is 16.9. The zero-order valence-corrected chi connectivity index (χ0v) is 20.9. The second-order valence-electron chi connectivity index (χ2n) is 7.32. The molecule has 1 fully saturated rings. The number of nitrogen functional groups attached to an aromatic ring is 1. The number of carbonyl (C=O) groups is 1. The zero-order valence-electron chi connectivity index (χ0n) is 20.0. The van der Waals surface area contributed by atoms with Crippen LogP contribution in [0.4, 0.5) is 6.01 Å². The van der Waals surface area contributed by atoms with E-state index in [9.17, 15) is 0 Å². The first-order chi connectivity index (χ1) is 16.1. The van der Waals surface area contributed by atoms with Crippen LogP contribution < -0.4 is 16.4 Å². The number of nitrogens with two attached hydrogens (primary N) is 1. The Bertz CT molecular complexity index is 831. The van der Waals surface area contributed by atoms with Gasteiger partial charge in [0.15, 0.2) is 0 Å². The summed E-state index contributed by atoms with van der Waals surface area (Å²) in [5.41, 5.74) is 8.41. The zero-order chi connectivity index (χ0) is 24.5. The molecule has 0 amide bonds. The molecular formula is C24H38N6O2S. The average molecular weight is 475 g/mol. The number of nitrogens with zero attached hydrogens (tertiary/aromatic N) is 3. The normalized spacial score (nSPS) is 18.2. The number of carbonyl (C=O) groups excluding carboxylic acids is 1. The van der Waals surface area contributed by atoms with Gasteiger partial charge in [0.1, 0.15) is 18.7 Å². The van der Waals surface area contributed by atoms with Crippen LogP contribution in [0.3, 0.4) is 0 Å². The van der Waals surface area contributed by atoms with Gasteiger partial charge in [-0.1, -0.05) is 25.7 Å². The van der Waals surface area contributed by atoms with Gasteiger partial charge in [0.2, 0.25) is 0 Å². The molecule has 0 bridgehead atoms. The summed E-state index contributed by atoms with van der Waals surface area (Å²) in [6.07, 6.45) is 16.7. The highest BCUT2D eigenvalue weighted by molar-refractivity contribution is 8.13. The molecule has 0 aliphatic carbocycles. The maximum atomic E-state index is 8.00. The van der Waals surface area contributed by atoms with Crippen molar-refractivity contribution in [1.29, 1.82) is 0 Å². The van der Waals surface area contributed by atoms with Crippen LogP contribution >= 0.6 is 11.8 Å². The smallest absolute Gasteiger partial charge is 0.292 e. The van der Waals surface area contributed by atoms with E-state index < -0.39 is 0 Å². The summed E-state index contributed by atoms with van der Waals surface area (Å²) in [5, 5.41) is 7.90. The van der Waals surface area contributed by atoms with E-state index >= 15 is 0 Å². The van der Waals surface area contributed by atoms with Gasteiger partial charge in [-0.3, -0.25) is 9.89 Å². The van der Waals surface area contributed by atoms with E-state index in [2.05, 4.69) is 45.3 Å². The fourth-order valence-electron chi connectivity index (χ4n) is 3.43. The maximum absolute atomic E-state index is 8.00. The summed E-state index contributed by atoms with van der Waals surface area (Å²) in [5.74, 6) is 0. The third kappa shape index (κ3) is 10.7. The molecule has 9 heteroatoms. The summed E-state index contributed by atoms with van der Waals surface area (Å²) in [4.78, 5) is 19.3. The molecule has 4 N–H and O–H groups in total. The molecule has 1 aromatic heterocycles. The highest BCUT2D eigenvalue weighted by atomic mass is 32.2. The number of rotatable bonds is 11. The van der Waals surface area contributed by atoms with E-state index in [0.717, 1.165) is 48.1 Å². The van der Waals surface area contributed by atoms with E-state index in [1.54, 1.807) is 18.0 Å². The largest absolute Gasteiger partial charge is 0.432 e. The first kappa shape index (κ1) is 28.4. The van der Waals surface area contributed by atoms with Crippen LogP contribution in [0.1, 0.15) is 31.9 Å². The van der Waals surface area contributed by atoms with Crippen molar-refractivity contribution in [3.8, 4) is 0 Å². The minimum Gasteiger partial charge on any atom is -0.432 e. The number of oxazole rings is 1. The lowest BCUT2D eigenvalue weighted by molar-refractivity contribution is -0.0979. The van der Waals surface area contributed by atoms with Crippen molar-refractivity contribution in [3.05, 3.63) is 60.3 Å². The van der Waals surface area contributed by atoms with Gasteiger partial charge in [-0.15, -0.1) is 11.8 Å². The number of aliphatic imine (C=N–C) groups is 1. The molecule has 2 rings (SSSR count). The van der Waals surface area contributed by atoms with Crippen LogP contribution in [-0.4, -0.2) is 60.7 Å². The van der Waals surface area contributed by atoms with Gasteiger partial charge in [0.05, 0.1) is 11.6 Å². The molecule has 0 radical (unpaired) electrons. The molecular weight excluding hydrogens is 436 g/mol. The Kier molecular flexibility index (Phi) is 14.6. The van der Waals surface area contributed by atoms with Gasteiger partial charge < -0.3 is 25.6 Å². The molecule has 0 spiro atoms. The van der Waals surface area contributed by atoms with Crippen molar-refractivity contribution >= 4 is 29.6 Å². The van der Waals surface area contributed by atoms with Crippen LogP contribution in [0, 0.1) is 0 Å². The summed E-state index contributed by atoms with van der Waals surface area (Å²) < 4.78 is 5.06. The molecule has 1 saturated heterocycles. The number of likely N-dealkylation sites (N-methyl/N-ethyl adjacent to an activating group) is 1. The molecule has 182 valence electrons. The quantitative estimate of drug-likeness (QED) is 0.254. The number of piperidine rings is 1. The van der Waals surface area contributed by atoms with Crippen molar-refractivity contribution < 1.29 is 9.21 Å². The fraction of sp³-hybridized carbons (Fsp3) is 0.458. The number of thioether (sulfide) groups is 1. The third-order valence-electron chi connectivity index (χ3n) is 5.19. The van der Waals surface area contributed by atoms with E-state index in [1.807, 2.05) is 44.3 Å². The Morgan fingerprint density at radius 3 is 2.85 bits per heavy atom. The Morgan fingerprint density at radius 2 is 2.24 bits per heavy atom. The van der Waals surface area contributed by atoms with Gasteiger partial charge >= 0.3 is 0 Å². The monoisotopic (exact) mass is 474 g/mol. The first-order valence-corrected chi connectivity index (χ1v) is 12.2. The molecule has 1 aliphatic heterocycles. The predicted molar refractivity (Wildman–Crippen MR) is 140 cm³/mol. The minimum absolute atomic E-state index is 0.175. The topological polar surface area (TPSA) is 109 Å². The lowest BCUT2D eigenvalue weighted by Crippen LogP contribution is -2.45. The van der Waals surface area contributed by atoms with Gasteiger partial charge in [-0.05, 0) is 56.8 Å². The van der Waals surface area contributed by atoms with Crippen LogP contribution in [0.2, 0.25) is 0 Å². The predicted octanol–water partition coefficient (Wildman–Crippen LogP) is 3.53. The molecule has 2 heterocycles. The lowest BCUT2D eigenvalue weighted by Gasteiger charge is -2.32. The van der Waals surface area contributed by atoms with Gasteiger partial charge in [0.25, 0.3) is 6.01 Å². The average Bonchev–Trinajstić information content (AvgIpc) is 3.28. The molecule has 0 saturated carbocycles. The summed E-state index contributed by atoms with van der Waals surface area (Å²) >= 11 is 1.71. The molecule has 8 nitrogen and oxygen atoms in total. The number of allylic oxidation sites excluding steroid dienone is 5. The number of anilines is 1. The van der Waals surface area contributed by atoms with Gasteiger partial charge in [-0.25, -0.2) is 0 Å². The standard InChI is InChI=1S/C23H36N6OS.CH2O/c1-5-18(6-2)21(27-14-20-17-30-23(24)28-20)11-7-8-12-26-22(31-4)16-29-13-9-10-19(15-29)25-3;1-2/h5,7-8,11-12,17,19,25,27H,1,6,9-10,13-16H2,2-4H3,(H2,24,28);1H2/b11-7+,12-8+,21-18-,26-22?;. The number of hydrogen-bond acceptors (Lipinski definition) is 9. The highest BCUT2D eigenvalue weighted by Crippen LogP contribution is 2.13. The number of likely N-dealkylation sites (tertiary alicyclic amines) is 1. The van der Waals surface area contributed by atoms with Crippen molar-refractivity contribution in [1.82, 2.24) is 20.5 Å². The van der Waals surface area contributed by atoms with Crippen LogP contribution in [0.15, 0.2) is 64.0 Å². The van der Waals surface area contributed by atoms with Crippen LogP contribution in [0.5, 0.6) is 0 Å². The Hall–Kier alpha value is -2.62. The Morgan fingerprint density at radius 1 is 1.45 bits per heavy atom. The lowest BCUT2D eigenvalue weighted by atomic mass is 10.1. The van der Waals surface area contributed by atoms with Crippen molar-refractivity contribution in [2.75, 3.05) is 38.7 Å². The Labute approximate surface area is 202 Å². The van der Waals surface area contributed by atoms with E-state index in [0.29, 0.717) is 12.6 Å². The fourth-order valence-corrected chi connectivity index (χ4v) is 3.90. The van der Waals surface area contributed by atoms with Crippen molar-refractivity contribution in [3.63, 3.8) is 0 Å². The number of aromatic nitrogens is 1. The molecule has 0 aromatic carbocycles. The number of nitrogens with one attached hydrogen (secondary N) is 2. The van der Waals surface area contributed by atoms with Gasteiger partial charge in [-0.2, -0.15) is 4.98 Å². The summed E-state index contributed by atoms with van der Waals surface area (Å²) in [6.45, 7) is 11.7. The maximum Gasteiger partial charge on any atom is 0.292 e. The first-order valence-electron chi connectivity index (χ1n) is 11.0. The Balaban J connectivity index is 0.00000265. The van der Waals surface area contributed by atoms with Crippen LogP contribution in [-0.2, 0) is 11.3 Å². The summed E-state index contributed by atoms with van der Waals surface area (Å²) in [6, 6.07) is 0.757. The molecule has 1 aliphatic rings. The molecule has 33 heavy (non-hydrogen) atoms. The van der Waals surface area contributed by atoms with Crippen molar-refractivity contribution in [2.24, 2.45) is 4.99 Å². The van der Waals surface area contributed by atoms with Gasteiger partial charge in [0, 0.05) is 31.0 Å². The van der Waals surface area contributed by atoms with Crippen LogP contribution in [0.25, 0.3) is 0 Å². The molecule has 1 unspecified atom stereocenters. The highest BCUT2D eigenvalue weighted by Gasteiger charge is 2.19. The number of hydrogen-bond donors (Lipinski definition) is 3. The minimum atomic E-state index is 0.175. The SMILES string of the molecule is C=C\C(CC)=C(/C=C/C=C/N=C(CN1CCCC(NC)C1)SC)NCc1coc(N)n1.C=O. The van der Waals surface area contributed by atoms with E-state index in [-0.39, 0.29) is 6.01 Å². The van der Waals surface area contributed by atoms with E-state index in [4.69, 9.17) is 14.9 Å². The molecule has 1 atom stereocenters. The third-order valence-corrected chi connectivity index (χ3v) is 5.90. The van der Waals surface area contributed by atoms with Crippen molar-refractivity contribution in [2.45, 2.75) is 38.8 Å². The van der Waals surface area contributed by atoms with E-state index in [1.165, 1.54) is 12.8 Å². The molecule has 1 aromatic rings.